The van der Waals surface area contributed by atoms with Gasteiger partial charge in [0.15, 0.2) is 0 Å². The maximum atomic E-state index is 10.7. The number of amides is 1. The molecular formula is C11H20N4O. The number of hydrogen-bond acceptors (Lipinski definition) is 3. The third-order valence-electron chi connectivity index (χ3n) is 2.37. The Kier molecular flexibility index (Phi) is 4.82. The first kappa shape index (κ1) is 12.5. The molecule has 0 saturated heterocycles. The molecular weight excluding hydrogens is 204 g/mol. The minimum atomic E-state index is -0.381. The van der Waals surface area contributed by atoms with E-state index in [4.69, 9.17) is 5.73 Å². The van der Waals surface area contributed by atoms with Crippen LogP contribution in [0.15, 0.2) is 12.3 Å². The summed E-state index contributed by atoms with van der Waals surface area (Å²) in [6.45, 7) is 5.42. The molecule has 1 heterocycles. The van der Waals surface area contributed by atoms with Gasteiger partial charge in [-0.3, -0.25) is 9.48 Å². The van der Waals surface area contributed by atoms with Gasteiger partial charge in [0.2, 0.25) is 5.91 Å². The minimum Gasteiger partial charge on any atom is -0.368 e. The summed E-state index contributed by atoms with van der Waals surface area (Å²) in [4.78, 5) is 10.7. The van der Waals surface area contributed by atoms with Gasteiger partial charge in [-0.25, -0.2) is 0 Å². The first-order chi connectivity index (χ1) is 7.61. The smallest absolute Gasteiger partial charge is 0.239 e. The number of rotatable bonds is 7. The van der Waals surface area contributed by atoms with Crippen LogP contribution < -0.4 is 11.1 Å². The van der Waals surface area contributed by atoms with E-state index in [1.165, 1.54) is 17.5 Å². The number of nitrogens with zero attached hydrogens (tertiary/aromatic N) is 2. The molecule has 0 spiro atoms. The quantitative estimate of drug-likeness (QED) is 0.731. The second-order valence-electron chi connectivity index (χ2n) is 4.14. The second kappa shape index (κ2) is 6.15. The van der Waals surface area contributed by atoms with Gasteiger partial charge in [-0.15, -0.1) is 0 Å². The van der Waals surface area contributed by atoms with E-state index in [1.807, 2.05) is 6.07 Å². The zero-order valence-electron chi connectivity index (χ0n) is 9.94. The van der Waals surface area contributed by atoms with Crippen molar-refractivity contribution in [2.45, 2.75) is 33.2 Å². The summed E-state index contributed by atoms with van der Waals surface area (Å²) in [5.41, 5.74) is 5.08. The Labute approximate surface area is 96.0 Å². The number of carbonyl (C=O) groups is 1. The molecule has 0 radical (unpaired) electrons. The van der Waals surface area contributed by atoms with Gasteiger partial charge in [-0.1, -0.05) is 20.3 Å². The average molecular weight is 224 g/mol. The van der Waals surface area contributed by atoms with Gasteiger partial charge >= 0.3 is 0 Å². The fourth-order valence-corrected chi connectivity index (χ4v) is 1.58. The molecule has 16 heavy (non-hydrogen) atoms. The number of aromatic nitrogens is 2. The van der Waals surface area contributed by atoms with Crippen LogP contribution in [0.25, 0.3) is 0 Å². The predicted octanol–water partition coefficient (Wildman–Crippen LogP) is 1.22. The van der Waals surface area contributed by atoms with Crippen molar-refractivity contribution in [1.29, 1.82) is 0 Å². The van der Waals surface area contributed by atoms with Crippen LogP contribution >= 0.6 is 0 Å². The molecule has 1 rings (SSSR count). The van der Waals surface area contributed by atoms with Crippen molar-refractivity contribution in [1.82, 2.24) is 9.78 Å². The van der Waals surface area contributed by atoms with E-state index < -0.39 is 0 Å². The highest BCUT2D eigenvalue weighted by atomic mass is 16.1. The van der Waals surface area contributed by atoms with E-state index in [9.17, 15) is 4.79 Å². The number of nitrogens with two attached hydrogens (primary N) is 1. The summed E-state index contributed by atoms with van der Waals surface area (Å²) in [6.07, 6.45) is 4.14. The van der Waals surface area contributed by atoms with Crippen molar-refractivity contribution in [3.63, 3.8) is 0 Å². The Bertz CT molecular complexity index is 334. The highest BCUT2D eigenvalue weighted by Crippen LogP contribution is 2.07. The van der Waals surface area contributed by atoms with Crippen LogP contribution in [0.4, 0.5) is 5.82 Å². The lowest BCUT2D eigenvalue weighted by molar-refractivity contribution is -0.118. The standard InChI is InChI=1S/C11H20N4O/c1-3-4-9(2)7-13-11-5-6-15(14-11)8-10(12)16/h5-6,9H,3-4,7-8H2,1-2H3,(H2,12,16)(H,13,14). The third kappa shape index (κ3) is 4.33. The molecule has 3 N–H and O–H groups in total. The maximum Gasteiger partial charge on any atom is 0.239 e. The largest absolute Gasteiger partial charge is 0.368 e. The van der Waals surface area contributed by atoms with E-state index in [0.717, 1.165) is 12.4 Å². The number of primary amides is 1. The normalized spacial score (nSPS) is 12.4. The summed E-state index contributed by atoms with van der Waals surface area (Å²) in [6, 6.07) is 1.85. The zero-order valence-corrected chi connectivity index (χ0v) is 9.94. The molecule has 5 heteroatoms. The van der Waals surface area contributed by atoms with Crippen molar-refractivity contribution in [2.75, 3.05) is 11.9 Å². The van der Waals surface area contributed by atoms with Gasteiger partial charge in [-0.2, -0.15) is 5.10 Å². The topological polar surface area (TPSA) is 72.9 Å². The zero-order chi connectivity index (χ0) is 12.0. The number of anilines is 1. The Morgan fingerprint density at radius 3 is 3.06 bits per heavy atom. The third-order valence-corrected chi connectivity index (χ3v) is 2.37. The van der Waals surface area contributed by atoms with Crippen LogP contribution in [-0.2, 0) is 11.3 Å². The number of nitrogens with one attached hydrogen (secondary N) is 1. The van der Waals surface area contributed by atoms with Crippen LogP contribution in [0.5, 0.6) is 0 Å². The van der Waals surface area contributed by atoms with Crippen molar-refractivity contribution < 1.29 is 4.79 Å². The summed E-state index contributed by atoms with van der Waals surface area (Å²) >= 11 is 0. The fourth-order valence-electron chi connectivity index (χ4n) is 1.58. The molecule has 1 atom stereocenters. The molecule has 0 fully saturated rings. The Balaban J connectivity index is 2.37. The van der Waals surface area contributed by atoms with Crippen LogP contribution in [0.2, 0.25) is 0 Å². The van der Waals surface area contributed by atoms with Gasteiger partial charge in [0.25, 0.3) is 0 Å². The summed E-state index contributed by atoms with van der Waals surface area (Å²) < 4.78 is 1.54. The first-order valence-corrected chi connectivity index (χ1v) is 5.67. The Morgan fingerprint density at radius 1 is 1.69 bits per heavy atom. The number of carbonyl (C=O) groups excluding carboxylic acids is 1. The highest BCUT2D eigenvalue weighted by molar-refractivity contribution is 5.73. The van der Waals surface area contributed by atoms with Crippen LogP contribution in [0, 0.1) is 5.92 Å². The fraction of sp³-hybridized carbons (Fsp3) is 0.636. The Hall–Kier alpha value is -1.52. The molecule has 0 bridgehead atoms. The van der Waals surface area contributed by atoms with Gasteiger partial charge in [0.1, 0.15) is 12.4 Å². The van der Waals surface area contributed by atoms with Gasteiger partial charge in [0, 0.05) is 18.8 Å². The summed E-state index contributed by atoms with van der Waals surface area (Å²) in [7, 11) is 0. The van der Waals surface area contributed by atoms with Gasteiger partial charge in [0.05, 0.1) is 0 Å². The van der Waals surface area contributed by atoms with Crippen LogP contribution in [0.1, 0.15) is 26.7 Å². The lowest BCUT2D eigenvalue weighted by Crippen LogP contribution is -2.19. The molecule has 1 amide bonds. The van der Waals surface area contributed by atoms with E-state index in [1.54, 1.807) is 6.20 Å². The SMILES string of the molecule is CCCC(C)CNc1ccn(CC(N)=O)n1. The lowest BCUT2D eigenvalue weighted by atomic mass is 10.1. The molecule has 0 aliphatic heterocycles. The van der Waals surface area contributed by atoms with Crippen LogP contribution in [0.3, 0.4) is 0 Å². The molecule has 0 aliphatic rings. The molecule has 1 aromatic rings. The van der Waals surface area contributed by atoms with E-state index in [0.29, 0.717) is 5.92 Å². The average Bonchev–Trinajstić information content (AvgIpc) is 2.62. The second-order valence-corrected chi connectivity index (χ2v) is 4.14. The van der Waals surface area contributed by atoms with Gasteiger partial charge in [-0.05, 0) is 12.3 Å². The van der Waals surface area contributed by atoms with Crippen molar-refractivity contribution in [3.8, 4) is 0 Å². The van der Waals surface area contributed by atoms with E-state index >= 15 is 0 Å². The Morgan fingerprint density at radius 2 is 2.44 bits per heavy atom. The van der Waals surface area contributed by atoms with Crippen molar-refractivity contribution in [2.24, 2.45) is 11.7 Å². The molecule has 1 unspecified atom stereocenters. The van der Waals surface area contributed by atoms with Crippen LogP contribution in [-0.4, -0.2) is 22.2 Å². The highest BCUT2D eigenvalue weighted by Gasteiger charge is 2.03. The number of hydrogen-bond donors (Lipinski definition) is 2. The predicted molar refractivity (Wildman–Crippen MR) is 64.0 cm³/mol. The van der Waals surface area contributed by atoms with Crippen molar-refractivity contribution in [3.05, 3.63) is 12.3 Å². The van der Waals surface area contributed by atoms with E-state index in [-0.39, 0.29) is 12.5 Å². The van der Waals surface area contributed by atoms with Crippen molar-refractivity contribution >= 4 is 11.7 Å². The molecule has 0 aromatic carbocycles. The maximum absolute atomic E-state index is 10.7. The first-order valence-electron chi connectivity index (χ1n) is 5.67. The lowest BCUT2D eigenvalue weighted by Gasteiger charge is -2.10. The van der Waals surface area contributed by atoms with Gasteiger partial charge < -0.3 is 11.1 Å². The monoisotopic (exact) mass is 224 g/mol. The molecule has 90 valence electrons. The molecule has 0 saturated carbocycles. The molecule has 1 aromatic heterocycles. The summed E-state index contributed by atoms with van der Waals surface area (Å²) in [5.74, 6) is 1.05. The van der Waals surface area contributed by atoms with E-state index in [2.05, 4.69) is 24.3 Å². The minimum absolute atomic E-state index is 0.131. The molecule has 5 nitrogen and oxygen atoms in total. The summed E-state index contributed by atoms with van der Waals surface area (Å²) in [5, 5.41) is 7.43. The molecule has 0 aliphatic carbocycles.